The molecule has 2 saturated heterocycles. The standard InChI is InChI=1S/C30H36F2N2O2/c1-22-30(36-29(35)34(22)27-6-3-2-4-7-27)17-20-33(21-18-30)19-5-8-28(23-9-13-25(31)14-10-23)24-11-15-26(32)16-12-24/h9-16,27-28H,1-8,17-21H2. The van der Waals surface area contributed by atoms with Crippen LogP contribution in [0.2, 0.25) is 0 Å². The summed E-state index contributed by atoms with van der Waals surface area (Å²) in [6, 6.07) is 13.5. The normalized spacial score (nSPS) is 20.9. The Bertz CT molecular complexity index is 1010. The van der Waals surface area contributed by atoms with E-state index in [1.54, 1.807) is 0 Å². The third-order valence-electron chi connectivity index (χ3n) is 8.41. The maximum Gasteiger partial charge on any atom is 0.415 e. The number of likely N-dealkylation sites (tertiary alicyclic amines) is 1. The molecule has 1 spiro atoms. The maximum absolute atomic E-state index is 13.5. The van der Waals surface area contributed by atoms with Crippen LogP contribution in [0, 0.1) is 11.6 Å². The van der Waals surface area contributed by atoms with Crippen LogP contribution in [0.25, 0.3) is 0 Å². The lowest BCUT2D eigenvalue weighted by Gasteiger charge is -2.39. The second-order valence-corrected chi connectivity index (χ2v) is 10.6. The van der Waals surface area contributed by atoms with Gasteiger partial charge in [0.25, 0.3) is 0 Å². The van der Waals surface area contributed by atoms with Gasteiger partial charge >= 0.3 is 6.09 Å². The van der Waals surface area contributed by atoms with Gasteiger partial charge in [0.1, 0.15) is 11.6 Å². The molecule has 4 nitrogen and oxygen atoms in total. The summed E-state index contributed by atoms with van der Waals surface area (Å²) in [5, 5.41) is 0. The van der Waals surface area contributed by atoms with E-state index in [2.05, 4.69) is 11.5 Å². The molecule has 0 unspecified atom stereocenters. The molecular formula is C30H36F2N2O2. The Balaban J connectivity index is 1.17. The third kappa shape index (κ3) is 5.19. The van der Waals surface area contributed by atoms with Crippen molar-refractivity contribution >= 4 is 6.09 Å². The highest BCUT2D eigenvalue weighted by molar-refractivity contribution is 5.75. The van der Waals surface area contributed by atoms with E-state index in [0.29, 0.717) is 0 Å². The Kier molecular flexibility index (Phi) is 7.42. The molecule has 36 heavy (non-hydrogen) atoms. The number of halogens is 2. The molecule has 5 rings (SSSR count). The first-order valence-electron chi connectivity index (χ1n) is 13.4. The van der Waals surface area contributed by atoms with E-state index in [-0.39, 0.29) is 29.7 Å². The SMILES string of the molecule is C=C1N(C2CCCCC2)C(=O)OC12CCN(CCCC(c1ccc(F)cc1)c1ccc(F)cc1)CC2. The van der Waals surface area contributed by atoms with Crippen molar-refractivity contribution in [1.29, 1.82) is 0 Å². The van der Waals surface area contributed by atoms with Crippen LogP contribution >= 0.6 is 0 Å². The van der Waals surface area contributed by atoms with Crippen LogP contribution in [-0.4, -0.2) is 47.2 Å². The second kappa shape index (κ2) is 10.7. The fraction of sp³-hybridized carbons (Fsp3) is 0.500. The molecule has 0 radical (unpaired) electrons. The van der Waals surface area contributed by atoms with Gasteiger partial charge in [-0.1, -0.05) is 50.1 Å². The maximum atomic E-state index is 13.5. The fourth-order valence-electron chi connectivity index (χ4n) is 6.28. The predicted octanol–water partition coefficient (Wildman–Crippen LogP) is 7.01. The predicted molar refractivity (Wildman–Crippen MR) is 137 cm³/mol. The largest absolute Gasteiger partial charge is 0.436 e. The Hall–Kier alpha value is -2.73. The number of nitrogens with zero attached hydrogens (tertiary/aromatic N) is 2. The molecule has 0 N–H and O–H groups in total. The monoisotopic (exact) mass is 494 g/mol. The number of benzene rings is 2. The van der Waals surface area contributed by atoms with Gasteiger partial charge in [-0.3, -0.25) is 4.90 Å². The van der Waals surface area contributed by atoms with Gasteiger partial charge in [-0.05, 0) is 67.6 Å². The number of hydrogen-bond donors (Lipinski definition) is 0. The van der Waals surface area contributed by atoms with Crippen LogP contribution in [0.3, 0.4) is 0 Å². The number of ether oxygens (including phenoxy) is 1. The van der Waals surface area contributed by atoms with Crippen LogP contribution in [0.5, 0.6) is 0 Å². The highest BCUT2D eigenvalue weighted by Gasteiger charge is 2.52. The summed E-state index contributed by atoms with van der Waals surface area (Å²) >= 11 is 0. The molecule has 0 aromatic heterocycles. The summed E-state index contributed by atoms with van der Waals surface area (Å²) in [5.41, 5.74) is 2.40. The Morgan fingerprint density at radius 1 is 0.917 bits per heavy atom. The summed E-state index contributed by atoms with van der Waals surface area (Å²) in [7, 11) is 0. The van der Waals surface area contributed by atoms with Crippen LogP contribution < -0.4 is 0 Å². The van der Waals surface area contributed by atoms with E-state index >= 15 is 0 Å². The molecule has 0 bridgehead atoms. The topological polar surface area (TPSA) is 32.8 Å². The van der Waals surface area contributed by atoms with Crippen molar-refractivity contribution in [3.8, 4) is 0 Å². The Labute approximate surface area is 212 Å². The lowest BCUT2D eigenvalue weighted by Crippen LogP contribution is -2.46. The summed E-state index contributed by atoms with van der Waals surface area (Å²) < 4.78 is 33.0. The Morgan fingerprint density at radius 2 is 1.47 bits per heavy atom. The number of amides is 1. The minimum Gasteiger partial charge on any atom is -0.436 e. The van der Waals surface area contributed by atoms with E-state index < -0.39 is 5.60 Å². The molecule has 2 aromatic rings. The number of carbonyl (C=O) groups excluding carboxylic acids is 1. The zero-order valence-electron chi connectivity index (χ0n) is 20.9. The summed E-state index contributed by atoms with van der Waals surface area (Å²) in [4.78, 5) is 17.1. The van der Waals surface area contributed by atoms with Crippen molar-refractivity contribution in [2.45, 2.75) is 75.3 Å². The fourth-order valence-corrected chi connectivity index (χ4v) is 6.28. The molecule has 2 aliphatic heterocycles. The van der Waals surface area contributed by atoms with E-state index in [9.17, 15) is 13.6 Å². The molecule has 1 saturated carbocycles. The highest BCUT2D eigenvalue weighted by Crippen LogP contribution is 2.43. The lowest BCUT2D eigenvalue weighted by molar-refractivity contribution is 0.0142. The quantitative estimate of drug-likeness (QED) is 0.415. The average Bonchev–Trinajstić information content (AvgIpc) is 3.13. The van der Waals surface area contributed by atoms with Crippen molar-refractivity contribution in [1.82, 2.24) is 9.80 Å². The van der Waals surface area contributed by atoms with Crippen LogP contribution in [0.4, 0.5) is 13.6 Å². The number of hydrogen-bond acceptors (Lipinski definition) is 3. The average molecular weight is 495 g/mol. The molecule has 0 atom stereocenters. The minimum absolute atomic E-state index is 0.0851. The van der Waals surface area contributed by atoms with E-state index in [1.807, 2.05) is 29.2 Å². The third-order valence-corrected chi connectivity index (χ3v) is 8.41. The summed E-state index contributed by atoms with van der Waals surface area (Å²) in [6.45, 7) is 7.00. The van der Waals surface area contributed by atoms with Gasteiger partial charge in [-0.2, -0.15) is 0 Å². The minimum atomic E-state index is -0.546. The van der Waals surface area contributed by atoms with E-state index in [0.717, 1.165) is 75.0 Å². The van der Waals surface area contributed by atoms with E-state index in [4.69, 9.17) is 4.74 Å². The van der Waals surface area contributed by atoms with Gasteiger partial charge in [-0.15, -0.1) is 0 Å². The second-order valence-electron chi connectivity index (χ2n) is 10.6. The molecule has 2 heterocycles. The Morgan fingerprint density at radius 3 is 2.03 bits per heavy atom. The van der Waals surface area contributed by atoms with Crippen LogP contribution in [0.1, 0.15) is 74.8 Å². The molecule has 6 heteroatoms. The molecule has 2 aromatic carbocycles. The summed E-state index contributed by atoms with van der Waals surface area (Å²) in [5.74, 6) is -0.424. The molecule has 3 aliphatic rings. The number of carbonyl (C=O) groups is 1. The lowest BCUT2D eigenvalue weighted by atomic mass is 9.86. The summed E-state index contributed by atoms with van der Waals surface area (Å²) in [6.07, 6.45) is 8.85. The van der Waals surface area contributed by atoms with Crippen LogP contribution in [0.15, 0.2) is 60.8 Å². The van der Waals surface area contributed by atoms with E-state index in [1.165, 1.54) is 43.5 Å². The first-order chi connectivity index (χ1) is 17.4. The van der Waals surface area contributed by atoms with Gasteiger partial charge in [0, 0.05) is 37.9 Å². The van der Waals surface area contributed by atoms with Crippen molar-refractivity contribution in [3.05, 3.63) is 83.6 Å². The van der Waals surface area contributed by atoms with Gasteiger partial charge in [0.05, 0.1) is 5.70 Å². The van der Waals surface area contributed by atoms with Crippen molar-refractivity contribution in [3.63, 3.8) is 0 Å². The molecule has 1 aliphatic carbocycles. The number of piperidine rings is 1. The van der Waals surface area contributed by atoms with Gasteiger partial charge in [0.15, 0.2) is 5.60 Å². The smallest absolute Gasteiger partial charge is 0.415 e. The van der Waals surface area contributed by atoms with Crippen LogP contribution in [-0.2, 0) is 4.74 Å². The molecule has 192 valence electrons. The molecular weight excluding hydrogens is 458 g/mol. The molecule has 3 fully saturated rings. The highest BCUT2D eigenvalue weighted by atomic mass is 19.1. The van der Waals surface area contributed by atoms with Gasteiger partial charge in [-0.25, -0.2) is 13.6 Å². The first-order valence-corrected chi connectivity index (χ1v) is 13.4. The van der Waals surface area contributed by atoms with Gasteiger partial charge < -0.3 is 9.64 Å². The van der Waals surface area contributed by atoms with Crippen molar-refractivity contribution in [2.75, 3.05) is 19.6 Å². The molecule has 1 amide bonds. The first kappa shape index (κ1) is 24.9. The van der Waals surface area contributed by atoms with Crippen molar-refractivity contribution in [2.24, 2.45) is 0 Å². The van der Waals surface area contributed by atoms with Gasteiger partial charge in [0.2, 0.25) is 0 Å². The zero-order valence-corrected chi connectivity index (χ0v) is 20.9. The zero-order chi connectivity index (χ0) is 25.1. The van der Waals surface area contributed by atoms with Crippen molar-refractivity contribution < 1.29 is 18.3 Å². The number of rotatable bonds is 7.